The summed E-state index contributed by atoms with van der Waals surface area (Å²) in [5.74, 6) is -0.334. The molecule has 1 atom stereocenters. The summed E-state index contributed by atoms with van der Waals surface area (Å²) in [4.78, 5) is 0. The van der Waals surface area contributed by atoms with Crippen LogP contribution in [0.1, 0.15) is 11.6 Å². The van der Waals surface area contributed by atoms with Crippen molar-refractivity contribution in [3.8, 4) is 0 Å². The van der Waals surface area contributed by atoms with Gasteiger partial charge in [-0.05, 0) is 17.7 Å². The standard InChI is InChI=1S/C8H9F2N/c9-5-8(11)6-1-3-7(10)4-2-6/h1-4,8H,5,11H2/t8-/m1/s1. The highest BCUT2D eigenvalue weighted by atomic mass is 19.1. The first-order chi connectivity index (χ1) is 5.24. The number of alkyl halides is 1. The van der Waals surface area contributed by atoms with Gasteiger partial charge in [-0.15, -0.1) is 0 Å². The number of benzene rings is 1. The van der Waals surface area contributed by atoms with Crippen molar-refractivity contribution in [3.05, 3.63) is 35.6 Å². The van der Waals surface area contributed by atoms with Crippen LogP contribution >= 0.6 is 0 Å². The van der Waals surface area contributed by atoms with E-state index in [1.165, 1.54) is 24.3 Å². The molecule has 60 valence electrons. The molecule has 0 heterocycles. The van der Waals surface area contributed by atoms with Gasteiger partial charge in [-0.3, -0.25) is 0 Å². The molecule has 0 saturated heterocycles. The maximum atomic E-state index is 12.3. The van der Waals surface area contributed by atoms with Crippen LogP contribution in [-0.4, -0.2) is 6.67 Å². The Hall–Kier alpha value is -0.960. The Bertz CT molecular complexity index is 220. The predicted octanol–water partition coefficient (Wildman–Crippen LogP) is 1.79. The molecule has 0 spiro atoms. The van der Waals surface area contributed by atoms with Gasteiger partial charge in [0.2, 0.25) is 0 Å². The molecule has 11 heavy (non-hydrogen) atoms. The number of hydrogen-bond acceptors (Lipinski definition) is 1. The average molecular weight is 157 g/mol. The summed E-state index contributed by atoms with van der Waals surface area (Å²) in [5.41, 5.74) is 5.97. The molecule has 0 aromatic heterocycles. The van der Waals surface area contributed by atoms with Crippen LogP contribution in [0, 0.1) is 5.82 Å². The van der Waals surface area contributed by atoms with E-state index in [4.69, 9.17) is 5.73 Å². The summed E-state index contributed by atoms with van der Waals surface area (Å²) < 4.78 is 24.3. The minimum absolute atomic E-state index is 0.334. The van der Waals surface area contributed by atoms with Crippen molar-refractivity contribution >= 4 is 0 Å². The number of nitrogens with two attached hydrogens (primary N) is 1. The SMILES string of the molecule is N[C@H](CF)c1ccc(F)cc1. The molecule has 1 nitrogen and oxygen atoms in total. The topological polar surface area (TPSA) is 26.0 Å². The lowest BCUT2D eigenvalue weighted by Gasteiger charge is -2.05. The van der Waals surface area contributed by atoms with E-state index < -0.39 is 12.7 Å². The zero-order valence-electron chi connectivity index (χ0n) is 5.93. The van der Waals surface area contributed by atoms with Gasteiger partial charge in [0.1, 0.15) is 12.5 Å². The van der Waals surface area contributed by atoms with Crippen LogP contribution in [0.15, 0.2) is 24.3 Å². The first kappa shape index (κ1) is 8.14. The van der Waals surface area contributed by atoms with Gasteiger partial charge in [0.15, 0.2) is 0 Å². The van der Waals surface area contributed by atoms with Crippen molar-refractivity contribution in [1.82, 2.24) is 0 Å². The third-order valence-electron chi connectivity index (χ3n) is 1.46. The second kappa shape index (κ2) is 3.44. The fourth-order valence-corrected chi connectivity index (χ4v) is 0.799. The van der Waals surface area contributed by atoms with Gasteiger partial charge in [-0.2, -0.15) is 0 Å². The van der Waals surface area contributed by atoms with E-state index in [0.717, 1.165) is 0 Å². The van der Waals surface area contributed by atoms with Gasteiger partial charge in [0.05, 0.1) is 6.04 Å². The van der Waals surface area contributed by atoms with Crippen LogP contribution in [0.5, 0.6) is 0 Å². The molecule has 0 aliphatic carbocycles. The second-order valence-electron chi connectivity index (χ2n) is 2.31. The van der Waals surface area contributed by atoms with Crippen molar-refractivity contribution < 1.29 is 8.78 Å². The minimum Gasteiger partial charge on any atom is -0.322 e. The summed E-state index contributed by atoms with van der Waals surface area (Å²) in [6.07, 6.45) is 0. The predicted molar refractivity (Wildman–Crippen MR) is 39.3 cm³/mol. The van der Waals surface area contributed by atoms with Crippen molar-refractivity contribution in [1.29, 1.82) is 0 Å². The lowest BCUT2D eigenvalue weighted by molar-refractivity contribution is 0.437. The third kappa shape index (κ3) is 1.98. The molecular weight excluding hydrogens is 148 g/mol. The number of rotatable bonds is 2. The van der Waals surface area contributed by atoms with Crippen LogP contribution in [0.2, 0.25) is 0 Å². The molecule has 0 saturated carbocycles. The van der Waals surface area contributed by atoms with E-state index in [1.807, 2.05) is 0 Å². The maximum absolute atomic E-state index is 12.3. The van der Waals surface area contributed by atoms with Crippen molar-refractivity contribution in [3.63, 3.8) is 0 Å². The first-order valence-corrected chi connectivity index (χ1v) is 3.31. The first-order valence-electron chi connectivity index (χ1n) is 3.31. The van der Waals surface area contributed by atoms with E-state index in [2.05, 4.69) is 0 Å². The molecule has 2 N–H and O–H groups in total. The molecule has 0 aliphatic rings. The van der Waals surface area contributed by atoms with Crippen LogP contribution in [0.4, 0.5) is 8.78 Å². The highest BCUT2D eigenvalue weighted by Crippen LogP contribution is 2.10. The summed E-state index contributed by atoms with van der Waals surface area (Å²) in [5, 5.41) is 0. The lowest BCUT2D eigenvalue weighted by atomic mass is 10.1. The van der Waals surface area contributed by atoms with E-state index in [0.29, 0.717) is 5.56 Å². The van der Waals surface area contributed by atoms with E-state index >= 15 is 0 Å². The van der Waals surface area contributed by atoms with Gasteiger partial charge in [-0.1, -0.05) is 12.1 Å². The van der Waals surface area contributed by atoms with Crippen LogP contribution in [-0.2, 0) is 0 Å². The molecule has 0 fully saturated rings. The Morgan fingerprint density at radius 2 is 1.82 bits per heavy atom. The van der Waals surface area contributed by atoms with Crippen LogP contribution in [0.25, 0.3) is 0 Å². The molecule has 3 heteroatoms. The van der Waals surface area contributed by atoms with Crippen LogP contribution < -0.4 is 5.73 Å². The van der Waals surface area contributed by atoms with Gasteiger partial charge in [0, 0.05) is 0 Å². The zero-order valence-corrected chi connectivity index (χ0v) is 5.93. The fraction of sp³-hybridized carbons (Fsp3) is 0.250. The Morgan fingerprint density at radius 1 is 1.27 bits per heavy atom. The normalized spacial score (nSPS) is 13.0. The Kier molecular flexibility index (Phi) is 2.54. The number of hydrogen-bond donors (Lipinski definition) is 1. The van der Waals surface area contributed by atoms with E-state index in [1.54, 1.807) is 0 Å². The molecule has 1 aromatic carbocycles. The van der Waals surface area contributed by atoms with E-state index in [-0.39, 0.29) is 5.82 Å². The molecule has 0 unspecified atom stereocenters. The molecule has 0 bridgehead atoms. The van der Waals surface area contributed by atoms with Gasteiger partial charge >= 0.3 is 0 Å². The van der Waals surface area contributed by atoms with Crippen molar-refractivity contribution in [2.45, 2.75) is 6.04 Å². The molecular formula is C8H9F2N. The Labute approximate surface area is 63.8 Å². The lowest BCUT2D eigenvalue weighted by Crippen LogP contribution is -2.11. The minimum atomic E-state index is -0.629. The monoisotopic (exact) mass is 157 g/mol. The molecule has 1 aromatic rings. The van der Waals surface area contributed by atoms with Crippen molar-refractivity contribution in [2.75, 3.05) is 6.67 Å². The van der Waals surface area contributed by atoms with Gasteiger partial charge < -0.3 is 5.73 Å². The molecule has 0 amide bonds. The smallest absolute Gasteiger partial charge is 0.123 e. The van der Waals surface area contributed by atoms with Gasteiger partial charge in [0.25, 0.3) is 0 Å². The third-order valence-corrected chi connectivity index (χ3v) is 1.46. The summed E-state index contributed by atoms with van der Waals surface area (Å²) in [6.45, 7) is -0.619. The fourth-order valence-electron chi connectivity index (χ4n) is 0.799. The average Bonchev–Trinajstić information content (AvgIpc) is 2.05. The van der Waals surface area contributed by atoms with Crippen molar-refractivity contribution in [2.24, 2.45) is 5.73 Å². The summed E-state index contributed by atoms with van der Waals surface area (Å²) >= 11 is 0. The zero-order chi connectivity index (χ0) is 8.27. The largest absolute Gasteiger partial charge is 0.322 e. The summed E-state index contributed by atoms with van der Waals surface area (Å²) in [7, 11) is 0. The summed E-state index contributed by atoms with van der Waals surface area (Å²) in [6, 6.07) is 4.88. The maximum Gasteiger partial charge on any atom is 0.123 e. The van der Waals surface area contributed by atoms with Crippen LogP contribution in [0.3, 0.4) is 0 Å². The Morgan fingerprint density at radius 3 is 2.27 bits per heavy atom. The highest BCUT2D eigenvalue weighted by Gasteiger charge is 2.03. The second-order valence-corrected chi connectivity index (χ2v) is 2.31. The quantitative estimate of drug-likeness (QED) is 0.695. The highest BCUT2D eigenvalue weighted by molar-refractivity contribution is 5.19. The molecule has 0 aliphatic heterocycles. The number of halogens is 2. The molecule has 1 rings (SSSR count). The molecule has 0 radical (unpaired) electrons. The Balaban J connectivity index is 2.81. The van der Waals surface area contributed by atoms with E-state index in [9.17, 15) is 8.78 Å². The van der Waals surface area contributed by atoms with Gasteiger partial charge in [-0.25, -0.2) is 8.78 Å².